The lowest BCUT2D eigenvalue weighted by atomic mass is 10.1. The molecule has 1 aromatic carbocycles. The first-order valence-electron chi connectivity index (χ1n) is 6.69. The summed E-state index contributed by atoms with van der Waals surface area (Å²) in [6.07, 6.45) is 1.02. The van der Waals surface area contributed by atoms with Crippen LogP contribution in [0, 0.1) is 0 Å². The number of esters is 1. The monoisotopic (exact) mass is 354 g/mol. The zero-order valence-corrected chi connectivity index (χ0v) is 13.8. The molecular formula is C15H16NO7S+. The van der Waals surface area contributed by atoms with Gasteiger partial charge in [0.25, 0.3) is 0 Å². The fourth-order valence-electron chi connectivity index (χ4n) is 1.65. The largest absolute Gasteiger partial charge is 0.643 e. The lowest BCUT2D eigenvalue weighted by molar-refractivity contribution is -0.144. The first-order valence-corrected chi connectivity index (χ1v) is 7.67. The van der Waals surface area contributed by atoms with E-state index in [9.17, 15) is 19.2 Å². The fourth-order valence-corrected chi connectivity index (χ4v) is 2.29. The average Bonchev–Trinajstić information content (AvgIpc) is 2.55. The number of aldehydes is 1. The molecule has 1 unspecified atom stereocenters. The molecule has 0 aliphatic carbocycles. The molecule has 0 bridgehead atoms. The number of nitrogens with one attached hydrogen (secondary N) is 1. The quantitative estimate of drug-likeness (QED) is 0.448. The molecule has 9 heteroatoms. The molecule has 0 aliphatic rings. The highest BCUT2D eigenvalue weighted by Gasteiger charge is 2.25. The number of carboxylic acids is 1. The van der Waals surface area contributed by atoms with Gasteiger partial charge in [0.15, 0.2) is 0 Å². The molecule has 0 heterocycles. The minimum absolute atomic E-state index is 0.0130. The Morgan fingerprint density at radius 2 is 2.00 bits per heavy atom. The lowest BCUT2D eigenvalue weighted by Crippen LogP contribution is -2.42. The molecule has 8 nitrogen and oxygen atoms in total. The van der Waals surface area contributed by atoms with Crippen LogP contribution in [0.1, 0.15) is 27.3 Å². The molecule has 0 radical (unpaired) electrons. The van der Waals surface area contributed by atoms with Crippen LogP contribution in [0.5, 0.6) is 0 Å². The number of ether oxygens (including phenoxy) is 1. The molecule has 2 N–H and O–H groups in total. The third-order valence-corrected chi connectivity index (χ3v) is 3.54. The van der Waals surface area contributed by atoms with Gasteiger partial charge in [-0.25, -0.2) is 9.59 Å². The van der Waals surface area contributed by atoms with Gasteiger partial charge in [-0.1, -0.05) is 12.1 Å². The van der Waals surface area contributed by atoms with Crippen LogP contribution in [-0.4, -0.2) is 53.4 Å². The van der Waals surface area contributed by atoms with E-state index in [1.807, 2.05) is 0 Å². The highest BCUT2D eigenvalue weighted by Crippen LogP contribution is 2.10. The smallest absolute Gasteiger partial charge is 0.478 e. The van der Waals surface area contributed by atoms with Gasteiger partial charge in [-0.15, -0.1) is 0 Å². The van der Waals surface area contributed by atoms with Crippen LogP contribution in [0.4, 0.5) is 4.79 Å². The Kier molecular flexibility index (Phi) is 7.63. The molecule has 0 fully saturated rings. The van der Waals surface area contributed by atoms with Crippen LogP contribution in [0.3, 0.4) is 0 Å². The van der Waals surface area contributed by atoms with Crippen LogP contribution in [-0.2, 0) is 14.3 Å². The number of amides is 1. The molecule has 0 aliphatic heterocycles. The van der Waals surface area contributed by atoms with Crippen LogP contribution in [0.25, 0.3) is 0 Å². The summed E-state index contributed by atoms with van der Waals surface area (Å²) in [7, 11) is 1.16. The number of carboxylic acid groups (broad SMARTS) is 1. The lowest BCUT2D eigenvalue weighted by Gasteiger charge is -2.12. The summed E-state index contributed by atoms with van der Waals surface area (Å²) < 4.78 is 9.38. The van der Waals surface area contributed by atoms with Gasteiger partial charge in [-0.3, -0.25) is 9.22 Å². The fraction of sp³-hybridized carbons (Fsp3) is 0.267. The van der Waals surface area contributed by atoms with Crippen LogP contribution in [0.2, 0.25) is 0 Å². The normalized spacial score (nSPS) is 11.8. The van der Waals surface area contributed by atoms with Crippen molar-refractivity contribution < 1.29 is 33.4 Å². The minimum atomic E-state index is -1.15. The van der Waals surface area contributed by atoms with Gasteiger partial charge in [0.1, 0.15) is 6.04 Å². The number of carbonyl (C=O) groups excluding carboxylic acids is 4. The Hall–Kier alpha value is -2.68. The van der Waals surface area contributed by atoms with E-state index < -0.39 is 29.2 Å². The maximum Gasteiger partial charge on any atom is 0.643 e. The summed E-state index contributed by atoms with van der Waals surface area (Å²) in [4.78, 5) is 45.2. The zero-order chi connectivity index (χ0) is 18.1. The van der Waals surface area contributed by atoms with Crippen LogP contribution in [0.15, 0.2) is 24.3 Å². The van der Waals surface area contributed by atoms with Crippen molar-refractivity contribution >= 4 is 41.2 Å². The number of thioether (sulfide) groups is 1. The molecule has 1 aromatic rings. The van der Waals surface area contributed by atoms with E-state index in [0.29, 0.717) is 11.8 Å². The molecule has 24 heavy (non-hydrogen) atoms. The van der Waals surface area contributed by atoms with Gasteiger partial charge in [0.05, 0.1) is 23.0 Å². The summed E-state index contributed by atoms with van der Waals surface area (Å²) >= 11 is 0.648. The predicted octanol–water partition coefficient (Wildman–Crippen LogP) is 1.26. The number of rotatable bonds is 6. The molecule has 1 atom stereocenters. The molecule has 1 amide bonds. The second kappa shape index (κ2) is 9.46. The second-order valence-electron chi connectivity index (χ2n) is 4.47. The Morgan fingerprint density at radius 3 is 2.58 bits per heavy atom. The second-order valence-corrected chi connectivity index (χ2v) is 5.42. The van der Waals surface area contributed by atoms with Crippen molar-refractivity contribution in [3.63, 3.8) is 0 Å². The van der Waals surface area contributed by atoms with Crippen molar-refractivity contribution in [2.24, 2.45) is 0 Å². The molecular weight excluding hydrogens is 338 g/mol. The van der Waals surface area contributed by atoms with E-state index in [4.69, 9.17) is 9.53 Å². The number of hydrogen-bond acceptors (Lipinski definition) is 6. The topological polar surface area (TPSA) is 121 Å². The van der Waals surface area contributed by atoms with E-state index >= 15 is 0 Å². The van der Waals surface area contributed by atoms with E-state index in [1.54, 1.807) is 12.1 Å². The molecule has 0 saturated heterocycles. The maximum atomic E-state index is 11.7. The van der Waals surface area contributed by atoms with Gasteiger partial charge in [-0.05, 0) is 12.1 Å². The van der Waals surface area contributed by atoms with E-state index in [0.717, 1.165) is 13.4 Å². The van der Waals surface area contributed by atoms with Crippen molar-refractivity contribution in [3.05, 3.63) is 35.4 Å². The molecule has 128 valence electrons. The number of aromatic carboxylic acids is 1. The Balaban J connectivity index is 2.70. The molecule has 0 saturated carbocycles. The standard InChI is InChI=1S/C15H15NO7S/c1-9(17)16-12(14(20)22-2)8-24-15(21)23-7-10-5-3-4-6-11(10)13(18)19/h3-7,12H,8H2,1-2H3,(H-,16,17,18,19)/p+1. The van der Waals surface area contributed by atoms with Gasteiger partial charge >= 0.3 is 17.2 Å². The van der Waals surface area contributed by atoms with Crippen molar-refractivity contribution in [1.82, 2.24) is 5.32 Å². The number of methoxy groups -OCH3 is 1. The van der Waals surface area contributed by atoms with E-state index in [2.05, 4.69) is 10.1 Å². The van der Waals surface area contributed by atoms with Crippen molar-refractivity contribution in [1.29, 1.82) is 0 Å². The van der Waals surface area contributed by atoms with E-state index in [1.165, 1.54) is 19.1 Å². The summed E-state index contributed by atoms with van der Waals surface area (Å²) in [6.45, 7) is 1.23. The van der Waals surface area contributed by atoms with Gasteiger partial charge in [0, 0.05) is 24.4 Å². The number of hydrogen-bond donors (Lipinski definition) is 2. The first kappa shape index (κ1) is 19.4. The van der Waals surface area contributed by atoms with Crippen LogP contribution >= 0.6 is 11.8 Å². The minimum Gasteiger partial charge on any atom is -0.478 e. The van der Waals surface area contributed by atoms with Crippen molar-refractivity contribution in [2.75, 3.05) is 12.9 Å². The third kappa shape index (κ3) is 6.21. The van der Waals surface area contributed by atoms with E-state index in [-0.39, 0.29) is 16.9 Å². The summed E-state index contributed by atoms with van der Waals surface area (Å²) in [6, 6.07) is 5.01. The summed E-state index contributed by atoms with van der Waals surface area (Å²) in [5, 5.41) is 10.6. The Morgan fingerprint density at radius 1 is 1.33 bits per heavy atom. The highest BCUT2D eigenvalue weighted by atomic mass is 32.2. The highest BCUT2D eigenvalue weighted by molar-refractivity contribution is 8.13. The first-order chi connectivity index (χ1) is 11.3. The SMILES string of the molecule is COC(=O)C(CSC(=O)[O+]=Cc1ccccc1C(=O)O)NC(C)=O. The average molecular weight is 354 g/mol. The van der Waals surface area contributed by atoms with Gasteiger partial charge in [0.2, 0.25) is 12.2 Å². The zero-order valence-electron chi connectivity index (χ0n) is 13.0. The van der Waals surface area contributed by atoms with Crippen LogP contribution < -0.4 is 5.32 Å². The number of benzene rings is 1. The molecule has 1 rings (SSSR count). The van der Waals surface area contributed by atoms with Crippen molar-refractivity contribution in [2.45, 2.75) is 13.0 Å². The number of carbonyl (C=O) groups is 4. The summed E-state index contributed by atoms with van der Waals surface area (Å²) in [5.74, 6) is -2.37. The third-order valence-electron chi connectivity index (χ3n) is 2.70. The summed E-state index contributed by atoms with van der Waals surface area (Å²) in [5.41, 5.74) is 0.214. The predicted molar refractivity (Wildman–Crippen MR) is 86.3 cm³/mol. The maximum absolute atomic E-state index is 11.7. The van der Waals surface area contributed by atoms with Gasteiger partial charge in [-0.2, -0.15) is 0 Å². The Bertz CT molecular complexity index is 672. The van der Waals surface area contributed by atoms with Gasteiger partial charge < -0.3 is 15.2 Å². The molecule has 0 aromatic heterocycles. The Labute approximate surface area is 141 Å². The van der Waals surface area contributed by atoms with Crippen molar-refractivity contribution in [3.8, 4) is 0 Å². The molecule has 0 spiro atoms.